The molecule has 0 unspecified atom stereocenters. The van der Waals surface area contributed by atoms with E-state index in [1.807, 2.05) is 42.5 Å². The molecule has 2 rings (SSSR count). The summed E-state index contributed by atoms with van der Waals surface area (Å²) in [4.78, 5) is 14.8. The highest BCUT2D eigenvalue weighted by molar-refractivity contribution is 5.85. The maximum atomic E-state index is 10.4. The summed E-state index contributed by atoms with van der Waals surface area (Å²) in [5, 5.41) is 8.55. The number of hydrogen-bond acceptors (Lipinski definition) is 2. The van der Waals surface area contributed by atoms with Crippen molar-refractivity contribution in [2.45, 2.75) is 0 Å². The molecule has 0 bridgehead atoms. The van der Waals surface area contributed by atoms with E-state index in [0.29, 0.717) is 5.69 Å². The Morgan fingerprint density at radius 1 is 1.06 bits per heavy atom. The SMILES string of the molecule is O=C(O)/C=C/c1cccc(-c2ccccc2)n1. The predicted molar refractivity (Wildman–Crippen MR) is 66.3 cm³/mol. The Morgan fingerprint density at radius 2 is 1.82 bits per heavy atom. The quantitative estimate of drug-likeness (QED) is 0.817. The number of aliphatic carboxylic acids is 1. The molecule has 2 aromatic rings. The zero-order valence-electron chi connectivity index (χ0n) is 9.08. The fourth-order valence-electron chi connectivity index (χ4n) is 1.47. The van der Waals surface area contributed by atoms with Gasteiger partial charge in [-0.3, -0.25) is 0 Å². The van der Waals surface area contributed by atoms with Crippen molar-refractivity contribution in [3.63, 3.8) is 0 Å². The van der Waals surface area contributed by atoms with Crippen LogP contribution in [0.2, 0.25) is 0 Å². The molecule has 3 nitrogen and oxygen atoms in total. The summed E-state index contributed by atoms with van der Waals surface area (Å²) in [6, 6.07) is 15.3. The lowest BCUT2D eigenvalue weighted by molar-refractivity contribution is -0.131. The van der Waals surface area contributed by atoms with E-state index in [0.717, 1.165) is 17.3 Å². The molecule has 0 aliphatic carbocycles. The summed E-state index contributed by atoms with van der Waals surface area (Å²) in [7, 11) is 0. The third-order valence-corrected chi connectivity index (χ3v) is 2.24. The van der Waals surface area contributed by atoms with E-state index in [-0.39, 0.29) is 0 Å². The van der Waals surface area contributed by atoms with Crippen molar-refractivity contribution < 1.29 is 9.90 Å². The molecule has 0 aliphatic rings. The van der Waals surface area contributed by atoms with Crippen LogP contribution in [0.1, 0.15) is 5.69 Å². The second-order valence-corrected chi connectivity index (χ2v) is 3.49. The first-order chi connectivity index (χ1) is 8.25. The summed E-state index contributed by atoms with van der Waals surface area (Å²) in [5.74, 6) is -0.975. The van der Waals surface area contributed by atoms with E-state index >= 15 is 0 Å². The minimum absolute atomic E-state index is 0.633. The molecule has 0 atom stereocenters. The number of hydrogen-bond donors (Lipinski definition) is 1. The van der Waals surface area contributed by atoms with E-state index in [1.165, 1.54) is 6.08 Å². The van der Waals surface area contributed by atoms with Crippen LogP contribution in [0.25, 0.3) is 17.3 Å². The molecular weight excluding hydrogens is 214 g/mol. The molecular formula is C14H11NO2. The third kappa shape index (κ3) is 3.01. The average molecular weight is 225 g/mol. The van der Waals surface area contributed by atoms with Gasteiger partial charge in [-0.05, 0) is 18.2 Å². The van der Waals surface area contributed by atoms with Gasteiger partial charge in [0.25, 0.3) is 0 Å². The lowest BCUT2D eigenvalue weighted by Gasteiger charge is -2.01. The molecule has 0 spiro atoms. The molecule has 1 aromatic carbocycles. The van der Waals surface area contributed by atoms with Crippen LogP contribution < -0.4 is 0 Å². The Kier molecular flexibility index (Phi) is 3.31. The highest BCUT2D eigenvalue weighted by Crippen LogP contribution is 2.16. The van der Waals surface area contributed by atoms with Crippen molar-refractivity contribution in [3.8, 4) is 11.3 Å². The van der Waals surface area contributed by atoms with Crippen LogP contribution in [0.15, 0.2) is 54.6 Å². The first kappa shape index (κ1) is 11.1. The van der Waals surface area contributed by atoms with Crippen LogP contribution in [-0.2, 0) is 4.79 Å². The molecule has 0 amide bonds. The van der Waals surface area contributed by atoms with Gasteiger partial charge in [0.1, 0.15) is 0 Å². The van der Waals surface area contributed by atoms with Gasteiger partial charge in [0.05, 0.1) is 11.4 Å². The summed E-state index contributed by atoms with van der Waals surface area (Å²) in [6.07, 6.45) is 2.56. The molecule has 0 radical (unpaired) electrons. The fourth-order valence-corrected chi connectivity index (χ4v) is 1.47. The molecule has 1 N–H and O–H groups in total. The zero-order valence-corrected chi connectivity index (χ0v) is 9.08. The van der Waals surface area contributed by atoms with Crippen LogP contribution in [0.4, 0.5) is 0 Å². The number of rotatable bonds is 3. The Bertz CT molecular complexity index is 547. The molecule has 3 heteroatoms. The van der Waals surface area contributed by atoms with Crippen LogP contribution >= 0.6 is 0 Å². The first-order valence-corrected chi connectivity index (χ1v) is 5.19. The predicted octanol–water partition coefficient (Wildman–Crippen LogP) is 2.85. The highest BCUT2D eigenvalue weighted by Gasteiger charge is 1.98. The Morgan fingerprint density at radius 3 is 2.53 bits per heavy atom. The normalized spacial score (nSPS) is 10.6. The fraction of sp³-hybridized carbons (Fsp3) is 0. The van der Waals surface area contributed by atoms with Gasteiger partial charge in [0.2, 0.25) is 0 Å². The second-order valence-electron chi connectivity index (χ2n) is 3.49. The Balaban J connectivity index is 2.32. The van der Waals surface area contributed by atoms with E-state index in [4.69, 9.17) is 5.11 Å². The van der Waals surface area contributed by atoms with Crippen LogP contribution in [0.5, 0.6) is 0 Å². The third-order valence-electron chi connectivity index (χ3n) is 2.24. The monoisotopic (exact) mass is 225 g/mol. The van der Waals surface area contributed by atoms with Crippen LogP contribution in [0, 0.1) is 0 Å². The summed E-state index contributed by atoms with van der Waals surface area (Å²) >= 11 is 0. The van der Waals surface area contributed by atoms with Crippen LogP contribution in [0.3, 0.4) is 0 Å². The van der Waals surface area contributed by atoms with Gasteiger partial charge in [-0.1, -0.05) is 36.4 Å². The molecule has 1 heterocycles. The number of carbonyl (C=O) groups is 1. The molecule has 84 valence electrons. The Labute approximate surface area is 99.1 Å². The molecule has 0 aliphatic heterocycles. The van der Waals surface area contributed by atoms with Crippen molar-refractivity contribution >= 4 is 12.0 Å². The average Bonchev–Trinajstić information content (AvgIpc) is 2.38. The number of carboxylic acids is 1. The van der Waals surface area contributed by atoms with E-state index < -0.39 is 5.97 Å². The van der Waals surface area contributed by atoms with Crippen molar-refractivity contribution in [2.75, 3.05) is 0 Å². The van der Waals surface area contributed by atoms with Gasteiger partial charge < -0.3 is 5.11 Å². The summed E-state index contributed by atoms with van der Waals surface area (Å²) < 4.78 is 0. The minimum Gasteiger partial charge on any atom is -0.478 e. The topological polar surface area (TPSA) is 50.2 Å². The van der Waals surface area contributed by atoms with Gasteiger partial charge in [-0.2, -0.15) is 0 Å². The summed E-state index contributed by atoms with van der Waals surface area (Å²) in [6.45, 7) is 0. The largest absolute Gasteiger partial charge is 0.478 e. The van der Waals surface area contributed by atoms with Gasteiger partial charge in [0, 0.05) is 11.6 Å². The number of aromatic nitrogens is 1. The number of nitrogens with zero attached hydrogens (tertiary/aromatic N) is 1. The minimum atomic E-state index is -0.975. The number of pyridine rings is 1. The second kappa shape index (κ2) is 5.07. The zero-order chi connectivity index (χ0) is 12.1. The molecule has 0 saturated heterocycles. The first-order valence-electron chi connectivity index (χ1n) is 5.19. The lowest BCUT2D eigenvalue weighted by atomic mass is 10.1. The van der Waals surface area contributed by atoms with E-state index in [1.54, 1.807) is 6.07 Å². The van der Waals surface area contributed by atoms with E-state index in [2.05, 4.69) is 4.98 Å². The molecule has 0 saturated carbocycles. The van der Waals surface area contributed by atoms with Gasteiger partial charge in [0.15, 0.2) is 0 Å². The number of benzene rings is 1. The van der Waals surface area contributed by atoms with Crippen molar-refractivity contribution in [1.29, 1.82) is 0 Å². The maximum Gasteiger partial charge on any atom is 0.328 e. The molecule has 1 aromatic heterocycles. The summed E-state index contributed by atoms with van der Waals surface area (Å²) in [5.41, 5.74) is 2.48. The van der Waals surface area contributed by atoms with Gasteiger partial charge in [-0.25, -0.2) is 9.78 Å². The van der Waals surface area contributed by atoms with Crippen LogP contribution in [-0.4, -0.2) is 16.1 Å². The Hall–Kier alpha value is -2.42. The van der Waals surface area contributed by atoms with E-state index in [9.17, 15) is 4.79 Å². The van der Waals surface area contributed by atoms with Crippen molar-refractivity contribution in [3.05, 3.63) is 60.3 Å². The number of carboxylic acid groups (broad SMARTS) is 1. The van der Waals surface area contributed by atoms with Gasteiger partial charge in [-0.15, -0.1) is 0 Å². The highest BCUT2D eigenvalue weighted by atomic mass is 16.4. The maximum absolute atomic E-state index is 10.4. The van der Waals surface area contributed by atoms with Gasteiger partial charge >= 0.3 is 5.97 Å². The standard InChI is InChI=1S/C14H11NO2/c16-14(17)10-9-12-7-4-8-13(15-12)11-5-2-1-3-6-11/h1-10H,(H,16,17)/b10-9+. The van der Waals surface area contributed by atoms with Crippen molar-refractivity contribution in [1.82, 2.24) is 4.98 Å². The smallest absolute Gasteiger partial charge is 0.328 e. The molecule has 0 fully saturated rings. The lowest BCUT2D eigenvalue weighted by Crippen LogP contribution is -1.89. The van der Waals surface area contributed by atoms with Crippen molar-refractivity contribution in [2.24, 2.45) is 0 Å². The molecule has 17 heavy (non-hydrogen) atoms.